The van der Waals surface area contributed by atoms with Crippen molar-refractivity contribution in [3.05, 3.63) is 65.0 Å². The molecule has 3 rings (SSSR count). The van der Waals surface area contributed by atoms with Crippen molar-refractivity contribution in [1.29, 1.82) is 0 Å². The first-order valence-corrected chi connectivity index (χ1v) is 10.4. The van der Waals surface area contributed by atoms with Gasteiger partial charge in [0.15, 0.2) is 6.04 Å². The van der Waals surface area contributed by atoms with Gasteiger partial charge in [0.2, 0.25) is 0 Å². The summed E-state index contributed by atoms with van der Waals surface area (Å²) >= 11 is 0. The number of anilines is 1. The SMILES string of the molecule is CCC(C(=O)Nc1c(C)cccc1C)[N+]1(Cc2ccccc2F)CCCCC1. The van der Waals surface area contributed by atoms with E-state index in [2.05, 4.69) is 12.2 Å². The van der Waals surface area contributed by atoms with Gasteiger partial charge in [0.25, 0.3) is 5.91 Å². The van der Waals surface area contributed by atoms with E-state index in [1.54, 1.807) is 6.07 Å². The first kappa shape index (κ1) is 20.5. The minimum atomic E-state index is -0.182. The van der Waals surface area contributed by atoms with Gasteiger partial charge in [-0.2, -0.15) is 0 Å². The number of benzene rings is 2. The fourth-order valence-corrected chi connectivity index (χ4v) is 4.73. The molecular weight excluding hydrogens is 351 g/mol. The van der Waals surface area contributed by atoms with Gasteiger partial charge in [-0.15, -0.1) is 0 Å². The van der Waals surface area contributed by atoms with Crippen molar-refractivity contribution in [3.63, 3.8) is 0 Å². The number of carbonyl (C=O) groups excluding carboxylic acids is 1. The van der Waals surface area contributed by atoms with Crippen molar-refractivity contribution in [1.82, 2.24) is 0 Å². The molecule has 3 nitrogen and oxygen atoms in total. The predicted octanol–water partition coefficient (Wildman–Crippen LogP) is 5.36. The van der Waals surface area contributed by atoms with Gasteiger partial charge in [-0.25, -0.2) is 4.39 Å². The Morgan fingerprint density at radius 2 is 1.68 bits per heavy atom. The van der Waals surface area contributed by atoms with Gasteiger partial charge >= 0.3 is 0 Å². The zero-order valence-corrected chi connectivity index (χ0v) is 17.3. The second kappa shape index (κ2) is 8.87. The van der Waals surface area contributed by atoms with E-state index in [1.165, 1.54) is 12.5 Å². The number of para-hydroxylation sites is 1. The normalized spacial score (nSPS) is 17.1. The Morgan fingerprint density at radius 1 is 1.04 bits per heavy atom. The largest absolute Gasteiger partial charge is 0.320 e. The summed E-state index contributed by atoms with van der Waals surface area (Å²) in [5.74, 6) is -0.117. The van der Waals surface area contributed by atoms with E-state index in [-0.39, 0.29) is 17.8 Å². The number of halogens is 1. The Hall–Kier alpha value is -2.20. The smallest absolute Gasteiger partial charge is 0.282 e. The summed E-state index contributed by atoms with van der Waals surface area (Å²) in [6, 6.07) is 12.9. The maximum atomic E-state index is 14.4. The van der Waals surface area contributed by atoms with Crippen LogP contribution in [0.15, 0.2) is 42.5 Å². The van der Waals surface area contributed by atoms with E-state index in [1.807, 2.05) is 44.2 Å². The summed E-state index contributed by atoms with van der Waals surface area (Å²) in [6.45, 7) is 8.54. The average molecular weight is 384 g/mol. The summed E-state index contributed by atoms with van der Waals surface area (Å²) in [4.78, 5) is 13.4. The van der Waals surface area contributed by atoms with Gasteiger partial charge in [0.05, 0.1) is 13.1 Å². The van der Waals surface area contributed by atoms with Crippen LogP contribution >= 0.6 is 0 Å². The van der Waals surface area contributed by atoms with Crippen LogP contribution in [0, 0.1) is 19.7 Å². The number of rotatable bonds is 6. The van der Waals surface area contributed by atoms with Gasteiger partial charge in [-0.05, 0) is 50.3 Å². The Balaban J connectivity index is 1.91. The number of carbonyl (C=O) groups is 1. The van der Waals surface area contributed by atoms with Gasteiger partial charge in [0, 0.05) is 17.7 Å². The summed E-state index contributed by atoms with van der Waals surface area (Å²) in [6.07, 6.45) is 4.10. The van der Waals surface area contributed by atoms with Crippen LogP contribution in [0.1, 0.15) is 49.3 Å². The molecule has 1 saturated heterocycles. The first-order valence-electron chi connectivity index (χ1n) is 10.4. The molecular formula is C24H32FN2O+. The average Bonchev–Trinajstić information content (AvgIpc) is 2.68. The van der Waals surface area contributed by atoms with Gasteiger partial charge < -0.3 is 9.80 Å². The van der Waals surface area contributed by atoms with Crippen LogP contribution in [0.25, 0.3) is 0 Å². The maximum absolute atomic E-state index is 14.4. The Labute approximate surface area is 168 Å². The third-order valence-corrected chi connectivity index (χ3v) is 6.23. The highest BCUT2D eigenvalue weighted by Crippen LogP contribution is 2.30. The van der Waals surface area contributed by atoms with Crippen LogP contribution in [0.2, 0.25) is 0 Å². The first-order chi connectivity index (χ1) is 13.5. The molecule has 0 aliphatic carbocycles. The number of likely N-dealkylation sites (tertiary alicyclic amines) is 1. The second-order valence-electron chi connectivity index (χ2n) is 8.16. The highest BCUT2D eigenvalue weighted by atomic mass is 19.1. The van der Waals surface area contributed by atoms with Crippen LogP contribution in [0.4, 0.5) is 10.1 Å². The molecule has 0 spiro atoms. The van der Waals surface area contributed by atoms with Crippen LogP contribution in [-0.4, -0.2) is 29.5 Å². The lowest BCUT2D eigenvalue weighted by Gasteiger charge is -2.46. The van der Waals surface area contributed by atoms with Gasteiger partial charge in [0.1, 0.15) is 12.4 Å². The topological polar surface area (TPSA) is 29.1 Å². The second-order valence-corrected chi connectivity index (χ2v) is 8.16. The molecule has 1 fully saturated rings. The molecule has 0 radical (unpaired) electrons. The number of quaternary nitrogens is 1. The molecule has 1 amide bonds. The molecule has 2 aromatic rings. The lowest BCUT2D eigenvalue weighted by molar-refractivity contribution is -0.959. The Morgan fingerprint density at radius 3 is 2.29 bits per heavy atom. The molecule has 1 aliphatic heterocycles. The molecule has 0 saturated carbocycles. The number of hydrogen-bond acceptors (Lipinski definition) is 1. The number of nitrogens with zero attached hydrogens (tertiary/aromatic N) is 1. The Bertz CT molecular complexity index is 807. The maximum Gasteiger partial charge on any atom is 0.282 e. The fraction of sp³-hybridized carbons (Fsp3) is 0.458. The molecule has 1 atom stereocenters. The minimum Gasteiger partial charge on any atom is -0.320 e. The van der Waals surface area contributed by atoms with E-state index in [9.17, 15) is 9.18 Å². The molecule has 0 bridgehead atoms. The molecule has 1 unspecified atom stereocenters. The van der Waals surface area contributed by atoms with E-state index in [0.717, 1.165) is 49.2 Å². The molecule has 1 heterocycles. The highest BCUT2D eigenvalue weighted by molar-refractivity contribution is 5.95. The van der Waals surface area contributed by atoms with E-state index in [0.29, 0.717) is 16.6 Å². The number of piperidine rings is 1. The molecule has 150 valence electrons. The standard InChI is InChI=1S/C24H31FN2O/c1-4-22(24(28)26-23-18(2)11-10-12-19(23)3)27(15-8-5-9-16-27)17-20-13-6-7-14-21(20)25/h6-7,10-14,22H,4-5,8-9,15-17H2,1-3H3/p+1. The van der Waals surface area contributed by atoms with Crippen LogP contribution in [-0.2, 0) is 11.3 Å². The molecule has 1 N–H and O–H groups in total. The Kier molecular flexibility index (Phi) is 6.50. The predicted molar refractivity (Wildman–Crippen MR) is 113 cm³/mol. The number of aryl methyl sites for hydroxylation is 2. The van der Waals surface area contributed by atoms with Crippen LogP contribution < -0.4 is 5.32 Å². The van der Waals surface area contributed by atoms with Crippen molar-refractivity contribution in [2.24, 2.45) is 0 Å². The summed E-state index contributed by atoms with van der Waals surface area (Å²) < 4.78 is 15.1. The number of nitrogens with one attached hydrogen (secondary N) is 1. The van der Waals surface area contributed by atoms with Crippen molar-refractivity contribution in [3.8, 4) is 0 Å². The van der Waals surface area contributed by atoms with Crippen molar-refractivity contribution < 1.29 is 13.7 Å². The van der Waals surface area contributed by atoms with Crippen LogP contribution in [0.3, 0.4) is 0 Å². The van der Waals surface area contributed by atoms with Crippen LogP contribution in [0.5, 0.6) is 0 Å². The lowest BCUT2D eigenvalue weighted by Crippen LogP contribution is -2.61. The van der Waals surface area contributed by atoms with Crippen molar-refractivity contribution in [2.75, 3.05) is 18.4 Å². The van der Waals surface area contributed by atoms with Crippen molar-refractivity contribution in [2.45, 2.75) is 59.0 Å². The molecule has 2 aromatic carbocycles. The molecule has 1 aliphatic rings. The molecule has 28 heavy (non-hydrogen) atoms. The monoisotopic (exact) mass is 383 g/mol. The highest BCUT2D eigenvalue weighted by Gasteiger charge is 2.42. The van der Waals surface area contributed by atoms with Gasteiger partial charge in [-0.3, -0.25) is 4.79 Å². The number of amides is 1. The third-order valence-electron chi connectivity index (χ3n) is 6.23. The third kappa shape index (κ3) is 4.27. The van der Waals surface area contributed by atoms with E-state index >= 15 is 0 Å². The van der Waals surface area contributed by atoms with Gasteiger partial charge in [-0.1, -0.05) is 43.3 Å². The summed E-state index contributed by atoms with van der Waals surface area (Å²) in [5.41, 5.74) is 3.76. The number of hydrogen-bond donors (Lipinski definition) is 1. The quantitative estimate of drug-likeness (QED) is 0.669. The zero-order chi connectivity index (χ0) is 20.1. The summed E-state index contributed by atoms with van der Waals surface area (Å²) in [7, 11) is 0. The van der Waals surface area contributed by atoms with E-state index in [4.69, 9.17) is 0 Å². The van der Waals surface area contributed by atoms with E-state index < -0.39 is 0 Å². The molecule has 0 aromatic heterocycles. The van der Waals surface area contributed by atoms with Crippen molar-refractivity contribution >= 4 is 11.6 Å². The minimum absolute atomic E-state index is 0.0538. The molecule has 4 heteroatoms. The summed E-state index contributed by atoms with van der Waals surface area (Å²) in [5, 5.41) is 3.20. The lowest BCUT2D eigenvalue weighted by atomic mass is 9.98. The fourth-order valence-electron chi connectivity index (χ4n) is 4.73. The zero-order valence-electron chi connectivity index (χ0n) is 17.3.